The molecule has 1 unspecified atom stereocenters. The molecule has 5 nitrogen and oxygen atoms in total. The summed E-state index contributed by atoms with van der Waals surface area (Å²) in [5.74, 6) is 0. The number of alkyl carbamates (subject to hydrolysis) is 1. The van der Waals surface area contributed by atoms with Gasteiger partial charge in [0.1, 0.15) is 17.9 Å². The van der Waals surface area contributed by atoms with Gasteiger partial charge in [-0.3, -0.25) is 4.98 Å². The standard InChI is InChI=1S/C12H15ClN2O3/c1-12(2,3)18-11(17)15-10(7-16)8-4-5-14-6-9(8)13/h4-7,10H,1-3H3,(H,15,17). The zero-order chi connectivity index (χ0) is 13.8. The van der Waals surface area contributed by atoms with Crippen LogP contribution < -0.4 is 5.32 Å². The normalized spacial score (nSPS) is 12.7. The number of nitrogens with zero attached hydrogens (tertiary/aromatic N) is 1. The van der Waals surface area contributed by atoms with E-state index in [4.69, 9.17) is 16.3 Å². The molecule has 1 N–H and O–H groups in total. The Morgan fingerprint density at radius 2 is 2.22 bits per heavy atom. The van der Waals surface area contributed by atoms with E-state index in [0.29, 0.717) is 16.9 Å². The van der Waals surface area contributed by atoms with Crippen molar-refractivity contribution in [1.82, 2.24) is 10.3 Å². The number of hydrogen-bond donors (Lipinski definition) is 1. The molecule has 98 valence electrons. The quantitative estimate of drug-likeness (QED) is 0.857. The van der Waals surface area contributed by atoms with E-state index in [0.717, 1.165) is 0 Å². The van der Waals surface area contributed by atoms with Gasteiger partial charge in [0, 0.05) is 18.0 Å². The van der Waals surface area contributed by atoms with Crippen LogP contribution in [0.4, 0.5) is 4.79 Å². The lowest BCUT2D eigenvalue weighted by Gasteiger charge is -2.21. The Kier molecular flexibility index (Phi) is 4.67. The molecule has 1 atom stereocenters. The third kappa shape index (κ3) is 4.33. The first kappa shape index (κ1) is 14.4. The molecule has 0 aliphatic heterocycles. The van der Waals surface area contributed by atoms with Crippen molar-refractivity contribution in [3.05, 3.63) is 29.0 Å². The van der Waals surface area contributed by atoms with Crippen LogP contribution in [-0.2, 0) is 9.53 Å². The summed E-state index contributed by atoms with van der Waals surface area (Å²) in [4.78, 5) is 26.4. The van der Waals surface area contributed by atoms with Gasteiger partial charge in [-0.15, -0.1) is 0 Å². The van der Waals surface area contributed by atoms with Crippen LogP contribution in [0.1, 0.15) is 32.4 Å². The van der Waals surface area contributed by atoms with E-state index in [1.807, 2.05) is 0 Å². The molecule has 1 rings (SSSR count). The first-order valence-corrected chi connectivity index (χ1v) is 5.75. The summed E-state index contributed by atoms with van der Waals surface area (Å²) in [6.07, 6.45) is 2.82. The number of ether oxygens (including phenoxy) is 1. The molecule has 0 saturated carbocycles. The summed E-state index contributed by atoms with van der Waals surface area (Å²) < 4.78 is 5.06. The van der Waals surface area contributed by atoms with E-state index in [1.54, 1.807) is 26.8 Å². The minimum Gasteiger partial charge on any atom is -0.444 e. The maximum atomic E-state index is 11.6. The maximum Gasteiger partial charge on any atom is 0.408 e. The van der Waals surface area contributed by atoms with E-state index in [9.17, 15) is 9.59 Å². The summed E-state index contributed by atoms with van der Waals surface area (Å²) in [5.41, 5.74) is -0.146. The van der Waals surface area contributed by atoms with Gasteiger partial charge in [0.2, 0.25) is 0 Å². The highest BCUT2D eigenvalue weighted by Crippen LogP contribution is 2.20. The summed E-state index contributed by atoms with van der Waals surface area (Å²) >= 11 is 5.90. The maximum absolute atomic E-state index is 11.6. The van der Waals surface area contributed by atoms with E-state index in [-0.39, 0.29) is 0 Å². The van der Waals surface area contributed by atoms with Crippen molar-refractivity contribution in [1.29, 1.82) is 0 Å². The number of nitrogens with one attached hydrogen (secondary N) is 1. The summed E-state index contributed by atoms with van der Waals surface area (Å²) in [5, 5.41) is 2.75. The Labute approximate surface area is 110 Å². The van der Waals surface area contributed by atoms with Crippen LogP contribution in [0, 0.1) is 0 Å². The predicted octanol–water partition coefficient (Wildman–Crippen LogP) is 2.50. The number of hydrogen-bond acceptors (Lipinski definition) is 4. The molecular weight excluding hydrogens is 256 g/mol. The van der Waals surface area contributed by atoms with Crippen molar-refractivity contribution in [3.63, 3.8) is 0 Å². The molecule has 0 spiro atoms. The molecule has 6 heteroatoms. The minimum absolute atomic E-state index is 0.311. The van der Waals surface area contributed by atoms with Crippen molar-refractivity contribution < 1.29 is 14.3 Å². The number of halogens is 1. The molecular formula is C12H15ClN2O3. The number of amides is 1. The molecule has 0 bridgehead atoms. The molecule has 1 amide bonds. The van der Waals surface area contributed by atoms with Gasteiger partial charge in [0.25, 0.3) is 0 Å². The number of rotatable bonds is 3. The van der Waals surface area contributed by atoms with Gasteiger partial charge in [0.05, 0.1) is 5.02 Å². The second kappa shape index (κ2) is 5.82. The van der Waals surface area contributed by atoms with Crippen LogP contribution in [0.5, 0.6) is 0 Å². The van der Waals surface area contributed by atoms with Crippen molar-refractivity contribution in [2.24, 2.45) is 0 Å². The first-order valence-electron chi connectivity index (χ1n) is 5.37. The fraction of sp³-hybridized carbons (Fsp3) is 0.417. The van der Waals surface area contributed by atoms with Crippen LogP contribution in [0.15, 0.2) is 18.5 Å². The third-order valence-electron chi connectivity index (χ3n) is 1.95. The molecule has 0 aromatic carbocycles. The summed E-state index contributed by atoms with van der Waals surface area (Å²) in [7, 11) is 0. The molecule has 1 aromatic rings. The zero-order valence-corrected chi connectivity index (χ0v) is 11.2. The lowest BCUT2D eigenvalue weighted by atomic mass is 10.1. The topological polar surface area (TPSA) is 68.3 Å². The highest BCUT2D eigenvalue weighted by atomic mass is 35.5. The number of aromatic nitrogens is 1. The Balaban J connectivity index is 2.78. The Morgan fingerprint density at radius 1 is 1.56 bits per heavy atom. The van der Waals surface area contributed by atoms with E-state index < -0.39 is 17.7 Å². The average Bonchev–Trinajstić information content (AvgIpc) is 2.24. The first-order chi connectivity index (χ1) is 8.33. The van der Waals surface area contributed by atoms with Crippen molar-refractivity contribution in [3.8, 4) is 0 Å². The Bertz CT molecular complexity index is 443. The molecule has 0 fully saturated rings. The molecule has 0 aliphatic rings. The van der Waals surface area contributed by atoms with Gasteiger partial charge in [-0.25, -0.2) is 4.79 Å². The summed E-state index contributed by atoms with van der Waals surface area (Å²) in [6, 6.07) is 0.717. The molecule has 0 radical (unpaired) electrons. The number of carbonyl (C=O) groups is 2. The van der Waals surface area contributed by atoms with Crippen molar-refractivity contribution in [2.45, 2.75) is 32.4 Å². The van der Waals surface area contributed by atoms with Gasteiger partial charge < -0.3 is 14.8 Å². The molecule has 18 heavy (non-hydrogen) atoms. The fourth-order valence-corrected chi connectivity index (χ4v) is 1.49. The Hall–Kier alpha value is -1.62. The highest BCUT2D eigenvalue weighted by molar-refractivity contribution is 6.31. The number of carbonyl (C=O) groups excluding carboxylic acids is 2. The fourth-order valence-electron chi connectivity index (χ4n) is 1.26. The van der Waals surface area contributed by atoms with E-state index in [2.05, 4.69) is 10.3 Å². The Morgan fingerprint density at radius 3 is 2.72 bits per heavy atom. The highest BCUT2D eigenvalue weighted by Gasteiger charge is 2.21. The third-order valence-corrected chi connectivity index (χ3v) is 2.26. The zero-order valence-electron chi connectivity index (χ0n) is 10.4. The van der Waals surface area contributed by atoms with Gasteiger partial charge in [-0.05, 0) is 26.8 Å². The largest absolute Gasteiger partial charge is 0.444 e. The minimum atomic E-state index is -0.852. The molecule has 1 aromatic heterocycles. The average molecular weight is 271 g/mol. The lowest BCUT2D eigenvalue weighted by Crippen LogP contribution is -2.35. The van der Waals surface area contributed by atoms with Gasteiger partial charge >= 0.3 is 6.09 Å². The smallest absolute Gasteiger partial charge is 0.408 e. The van der Waals surface area contributed by atoms with Crippen LogP contribution in [0.25, 0.3) is 0 Å². The molecule has 1 heterocycles. The van der Waals surface area contributed by atoms with Gasteiger partial charge in [-0.1, -0.05) is 11.6 Å². The van der Waals surface area contributed by atoms with E-state index >= 15 is 0 Å². The van der Waals surface area contributed by atoms with Crippen LogP contribution >= 0.6 is 11.6 Å². The molecule has 0 saturated heterocycles. The second-order valence-electron chi connectivity index (χ2n) is 4.66. The van der Waals surface area contributed by atoms with Gasteiger partial charge in [-0.2, -0.15) is 0 Å². The second-order valence-corrected chi connectivity index (χ2v) is 5.06. The summed E-state index contributed by atoms with van der Waals surface area (Å²) in [6.45, 7) is 5.21. The van der Waals surface area contributed by atoms with Crippen molar-refractivity contribution >= 4 is 24.0 Å². The van der Waals surface area contributed by atoms with E-state index in [1.165, 1.54) is 12.4 Å². The van der Waals surface area contributed by atoms with Crippen LogP contribution in [0.3, 0.4) is 0 Å². The van der Waals surface area contributed by atoms with Crippen LogP contribution in [-0.4, -0.2) is 23.0 Å². The number of aldehydes is 1. The SMILES string of the molecule is CC(C)(C)OC(=O)NC(C=O)c1ccncc1Cl. The molecule has 0 aliphatic carbocycles. The number of pyridine rings is 1. The predicted molar refractivity (Wildman–Crippen MR) is 67.4 cm³/mol. The monoisotopic (exact) mass is 270 g/mol. The van der Waals surface area contributed by atoms with Crippen molar-refractivity contribution in [2.75, 3.05) is 0 Å². The lowest BCUT2D eigenvalue weighted by molar-refractivity contribution is -0.109. The van der Waals surface area contributed by atoms with Crippen LogP contribution in [0.2, 0.25) is 5.02 Å². The van der Waals surface area contributed by atoms with Gasteiger partial charge in [0.15, 0.2) is 0 Å².